The summed E-state index contributed by atoms with van der Waals surface area (Å²) in [6.07, 6.45) is 5.98. The lowest BCUT2D eigenvalue weighted by molar-refractivity contribution is -0.463. The summed E-state index contributed by atoms with van der Waals surface area (Å²) in [5, 5.41) is 4.63. The summed E-state index contributed by atoms with van der Waals surface area (Å²) >= 11 is 1.73. The van der Waals surface area contributed by atoms with Crippen LogP contribution in [0.25, 0.3) is 5.70 Å². The predicted molar refractivity (Wildman–Crippen MR) is 74.3 cm³/mol. The Hall–Kier alpha value is -1.88. The highest BCUT2D eigenvalue weighted by Crippen LogP contribution is 2.44. The van der Waals surface area contributed by atoms with E-state index in [1.807, 2.05) is 12.1 Å². The second-order valence-electron chi connectivity index (χ2n) is 4.10. The lowest BCUT2D eigenvalue weighted by Gasteiger charge is -2.22. The van der Waals surface area contributed by atoms with E-state index in [1.54, 1.807) is 18.0 Å². The summed E-state index contributed by atoms with van der Waals surface area (Å²) in [6.45, 7) is 0. The summed E-state index contributed by atoms with van der Waals surface area (Å²) < 4.78 is 0. The molecule has 0 saturated heterocycles. The SMILES string of the molecule is CN1[C]2SC=CN2C=C1c1ccc(/C=[NH+]\N)cc1. The van der Waals surface area contributed by atoms with Crippen LogP contribution < -0.4 is 10.9 Å². The van der Waals surface area contributed by atoms with Crippen LogP contribution in [0.5, 0.6) is 0 Å². The number of fused-ring (bicyclic) bond motifs is 1. The highest BCUT2D eigenvalue weighted by atomic mass is 32.2. The first-order valence-corrected chi connectivity index (χ1v) is 6.51. The van der Waals surface area contributed by atoms with Crippen molar-refractivity contribution in [2.45, 2.75) is 0 Å². The lowest BCUT2D eigenvalue weighted by Crippen LogP contribution is -2.76. The zero-order valence-electron chi connectivity index (χ0n) is 10.00. The second kappa shape index (κ2) is 4.42. The third-order valence-corrected chi connectivity index (χ3v) is 3.94. The molecule has 0 bridgehead atoms. The molecule has 0 unspecified atom stereocenters. The van der Waals surface area contributed by atoms with Gasteiger partial charge in [0.25, 0.3) is 0 Å². The molecule has 1 aromatic carbocycles. The average molecular weight is 258 g/mol. The van der Waals surface area contributed by atoms with Gasteiger partial charge in [-0.2, -0.15) is 0 Å². The van der Waals surface area contributed by atoms with Crippen molar-refractivity contribution in [3.8, 4) is 0 Å². The molecule has 2 heterocycles. The summed E-state index contributed by atoms with van der Waals surface area (Å²) in [7, 11) is 2.09. The van der Waals surface area contributed by atoms with Crippen LogP contribution in [0.15, 0.2) is 42.1 Å². The molecule has 3 N–H and O–H groups in total. The predicted octanol–water partition coefficient (Wildman–Crippen LogP) is 0.271. The van der Waals surface area contributed by atoms with E-state index in [1.165, 1.54) is 16.8 Å². The Morgan fingerprint density at radius 1 is 1.28 bits per heavy atom. The fraction of sp³-hybridized carbons (Fsp3) is 0.0769. The van der Waals surface area contributed by atoms with Crippen LogP contribution in [-0.2, 0) is 0 Å². The van der Waals surface area contributed by atoms with Crippen LogP contribution >= 0.6 is 11.8 Å². The number of nitrogens with two attached hydrogens (primary N) is 1. The highest BCUT2D eigenvalue weighted by Gasteiger charge is 2.33. The van der Waals surface area contributed by atoms with E-state index in [0.29, 0.717) is 0 Å². The van der Waals surface area contributed by atoms with Gasteiger partial charge < -0.3 is 9.80 Å². The first-order valence-electron chi connectivity index (χ1n) is 5.63. The number of nitrogens with zero attached hydrogens (tertiary/aromatic N) is 2. The van der Waals surface area contributed by atoms with Crippen LogP contribution in [0.2, 0.25) is 0 Å². The van der Waals surface area contributed by atoms with E-state index < -0.39 is 0 Å². The van der Waals surface area contributed by atoms with Gasteiger partial charge in [0.1, 0.15) is 0 Å². The first-order chi connectivity index (χ1) is 8.79. The standard InChI is InChI=1S/C13H13N4S/c1-16-12(9-17-6-7-18-13(16)17)11-4-2-10(3-5-11)8-15-14/h2-9H,14H2,1H3/p+1/b15-8-. The number of nitrogens with one attached hydrogen (secondary N) is 1. The molecule has 91 valence electrons. The number of thioether (sulfide) groups is 1. The number of hydrogen-bond acceptors (Lipinski definition) is 4. The van der Waals surface area contributed by atoms with Crippen LogP contribution in [-0.4, -0.2) is 23.1 Å². The average Bonchev–Trinajstić information content (AvgIpc) is 2.95. The van der Waals surface area contributed by atoms with Crippen molar-refractivity contribution in [3.63, 3.8) is 0 Å². The van der Waals surface area contributed by atoms with Crippen molar-refractivity contribution in [1.29, 1.82) is 0 Å². The molecule has 5 heteroatoms. The quantitative estimate of drug-likeness (QED) is 0.454. The molecule has 0 atom stereocenters. The van der Waals surface area contributed by atoms with Crippen molar-refractivity contribution < 1.29 is 5.10 Å². The van der Waals surface area contributed by atoms with Gasteiger partial charge in [-0.3, -0.25) is 0 Å². The topological polar surface area (TPSA) is 46.5 Å². The Labute approximate surface area is 110 Å². The number of hydrazine groups is 1. The Balaban J connectivity index is 1.89. The Bertz CT molecular complexity index is 532. The Morgan fingerprint density at radius 3 is 2.72 bits per heavy atom. The molecule has 4 nitrogen and oxygen atoms in total. The zero-order valence-corrected chi connectivity index (χ0v) is 10.8. The first kappa shape index (κ1) is 11.2. The molecule has 3 rings (SSSR count). The Morgan fingerprint density at radius 2 is 2.06 bits per heavy atom. The van der Waals surface area contributed by atoms with Gasteiger partial charge in [-0.15, -0.1) is 5.10 Å². The molecule has 0 aromatic heterocycles. The molecule has 1 radical (unpaired) electrons. The molecule has 0 aliphatic carbocycles. The maximum absolute atomic E-state index is 5.26. The van der Waals surface area contributed by atoms with Crippen LogP contribution in [0, 0.1) is 5.50 Å². The van der Waals surface area contributed by atoms with E-state index in [4.69, 9.17) is 5.84 Å². The van der Waals surface area contributed by atoms with E-state index in [0.717, 1.165) is 5.56 Å². The van der Waals surface area contributed by atoms with E-state index in [-0.39, 0.29) is 0 Å². The van der Waals surface area contributed by atoms with E-state index in [9.17, 15) is 0 Å². The van der Waals surface area contributed by atoms with Gasteiger partial charge in [-0.1, -0.05) is 23.9 Å². The minimum Gasteiger partial charge on any atom is -0.337 e. The monoisotopic (exact) mass is 258 g/mol. The van der Waals surface area contributed by atoms with Gasteiger partial charge in [-0.25, -0.2) is 5.84 Å². The van der Waals surface area contributed by atoms with E-state index >= 15 is 0 Å². The highest BCUT2D eigenvalue weighted by molar-refractivity contribution is 8.05. The van der Waals surface area contributed by atoms with Gasteiger partial charge in [0, 0.05) is 25.0 Å². The molecule has 0 saturated carbocycles. The molecular formula is C13H14N4S+. The summed E-state index contributed by atoms with van der Waals surface area (Å²) in [4.78, 5) is 4.34. The fourth-order valence-corrected chi connectivity index (χ4v) is 2.87. The third kappa shape index (κ3) is 1.76. The molecule has 1 aromatic rings. The van der Waals surface area contributed by atoms with Gasteiger partial charge in [0.05, 0.1) is 5.70 Å². The number of rotatable bonds is 2. The van der Waals surface area contributed by atoms with Crippen LogP contribution in [0.3, 0.4) is 0 Å². The van der Waals surface area contributed by atoms with Crippen LogP contribution in [0.4, 0.5) is 0 Å². The smallest absolute Gasteiger partial charge is 0.223 e. The van der Waals surface area contributed by atoms with Crippen molar-refractivity contribution in [1.82, 2.24) is 9.80 Å². The van der Waals surface area contributed by atoms with E-state index in [2.05, 4.69) is 51.9 Å². The van der Waals surface area contributed by atoms with Crippen molar-refractivity contribution >= 4 is 23.7 Å². The fourth-order valence-electron chi connectivity index (χ4n) is 2.07. The van der Waals surface area contributed by atoms with Gasteiger partial charge in [0.2, 0.25) is 5.50 Å². The largest absolute Gasteiger partial charge is 0.337 e. The molecule has 18 heavy (non-hydrogen) atoms. The summed E-state index contributed by atoms with van der Waals surface area (Å²) in [6, 6.07) is 8.28. The van der Waals surface area contributed by atoms with Crippen LogP contribution in [0.1, 0.15) is 11.1 Å². The number of benzene rings is 1. The number of hydrazone groups is 1. The maximum atomic E-state index is 5.26. The molecule has 2 aliphatic heterocycles. The van der Waals surface area contributed by atoms with Crippen molar-refractivity contribution in [3.05, 3.63) is 58.7 Å². The summed E-state index contributed by atoms with van der Waals surface area (Å²) in [5.41, 5.74) is 4.69. The van der Waals surface area contributed by atoms with Crippen molar-refractivity contribution in [2.24, 2.45) is 5.84 Å². The normalized spacial score (nSPS) is 18.8. The van der Waals surface area contributed by atoms with Gasteiger partial charge >= 0.3 is 0 Å². The minimum absolute atomic E-state index is 1.06. The molecule has 0 spiro atoms. The Kier molecular flexibility index (Phi) is 2.76. The third-order valence-electron chi connectivity index (χ3n) is 2.98. The molecular weight excluding hydrogens is 244 g/mol. The zero-order chi connectivity index (χ0) is 12.5. The molecule has 0 fully saturated rings. The van der Waals surface area contributed by atoms with Crippen molar-refractivity contribution in [2.75, 3.05) is 7.05 Å². The lowest BCUT2D eigenvalue weighted by atomic mass is 10.1. The maximum Gasteiger partial charge on any atom is 0.223 e. The minimum atomic E-state index is 1.06. The van der Waals surface area contributed by atoms with Gasteiger partial charge in [0.15, 0.2) is 6.21 Å². The van der Waals surface area contributed by atoms with Gasteiger partial charge in [-0.05, 0) is 23.1 Å². The molecule has 2 aliphatic rings. The molecule has 0 amide bonds. The number of hydrogen-bond donors (Lipinski definition) is 2. The summed E-state index contributed by atoms with van der Waals surface area (Å²) in [5.74, 6) is 5.26. The second-order valence-corrected chi connectivity index (χ2v) is 4.97.